The third-order valence-electron chi connectivity index (χ3n) is 3.25. The van der Waals surface area contributed by atoms with Crippen molar-refractivity contribution in [1.82, 2.24) is 5.32 Å². The van der Waals surface area contributed by atoms with Gasteiger partial charge in [0.25, 0.3) is 0 Å². The number of methoxy groups -OCH3 is 1. The number of nitrogens with one attached hydrogen (secondary N) is 1. The zero-order valence-corrected chi connectivity index (χ0v) is 10.8. The second-order valence-electron chi connectivity index (χ2n) is 4.62. The van der Waals surface area contributed by atoms with Crippen LogP contribution in [0.1, 0.15) is 45.4 Å². The van der Waals surface area contributed by atoms with Crippen molar-refractivity contribution in [3.05, 3.63) is 0 Å². The first-order chi connectivity index (χ1) is 7.86. The molecule has 1 aliphatic rings. The monoisotopic (exact) mass is 229 g/mol. The summed E-state index contributed by atoms with van der Waals surface area (Å²) in [6.45, 7) is 5.15. The second kappa shape index (κ2) is 8.97. The van der Waals surface area contributed by atoms with Crippen LogP contribution in [0.3, 0.4) is 0 Å². The maximum absolute atomic E-state index is 5.85. The Morgan fingerprint density at radius 3 is 2.75 bits per heavy atom. The first-order valence-corrected chi connectivity index (χ1v) is 6.72. The Labute approximate surface area is 99.9 Å². The molecule has 2 unspecified atom stereocenters. The molecule has 1 saturated carbocycles. The lowest BCUT2D eigenvalue weighted by Crippen LogP contribution is -2.30. The quantitative estimate of drug-likeness (QED) is 0.648. The minimum Gasteiger partial charge on any atom is -0.381 e. The molecule has 1 rings (SSSR count). The molecule has 0 aromatic heterocycles. The SMILES string of the molecule is CCCCNCCOC1CCCC(OC)C1. The van der Waals surface area contributed by atoms with Crippen molar-refractivity contribution in [3.8, 4) is 0 Å². The lowest BCUT2D eigenvalue weighted by molar-refractivity contribution is -0.0281. The Morgan fingerprint density at radius 1 is 1.19 bits per heavy atom. The van der Waals surface area contributed by atoms with Gasteiger partial charge in [0.2, 0.25) is 0 Å². The van der Waals surface area contributed by atoms with Gasteiger partial charge < -0.3 is 14.8 Å². The van der Waals surface area contributed by atoms with Gasteiger partial charge in [-0.15, -0.1) is 0 Å². The standard InChI is InChI=1S/C13H27NO2/c1-3-4-8-14-9-10-16-13-7-5-6-12(11-13)15-2/h12-14H,3-11H2,1-2H3. The van der Waals surface area contributed by atoms with Crippen LogP contribution in [0.5, 0.6) is 0 Å². The lowest BCUT2D eigenvalue weighted by Gasteiger charge is -2.28. The van der Waals surface area contributed by atoms with E-state index in [0.29, 0.717) is 12.2 Å². The van der Waals surface area contributed by atoms with E-state index in [2.05, 4.69) is 12.2 Å². The van der Waals surface area contributed by atoms with Crippen LogP contribution in [-0.4, -0.2) is 39.0 Å². The van der Waals surface area contributed by atoms with Crippen LogP contribution in [0.25, 0.3) is 0 Å². The molecule has 96 valence electrons. The van der Waals surface area contributed by atoms with Gasteiger partial charge in [-0.05, 0) is 38.6 Å². The molecule has 3 heteroatoms. The summed E-state index contributed by atoms with van der Waals surface area (Å²) in [6, 6.07) is 0. The summed E-state index contributed by atoms with van der Waals surface area (Å²) in [4.78, 5) is 0. The van der Waals surface area contributed by atoms with Gasteiger partial charge in [-0.1, -0.05) is 13.3 Å². The van der Waals surface area contributed by atoms with Gasteiger partial charge in [0.1, 0.15) is 0 Å². The summed E-state index contributed by atoms with van der Waals surface area (Å²) in [5, 5.41) is 3.39. The zero-order chi connectivity index (χ0) is 11.6. The van der Waals surface area contributed by atoms with Crippen LogP contribution in [0, 0.1) is 0 Å². The minimum atomic E-state index is 0.423. The van der Waals surface area contributed by atoms with Gasteiger partial charge in [0, 0.05) is 13.7 Å². The fourth-order valence-electron chi connectivity index (χ4n) is 2.19. The van der Waals surface area contributed by atoms with Crippen LogP contribution in [-0.2, 0) is 9.47 Å². The zero-order valence-electron chi connectivity index (χ0n) is 10.8. The number of unbranched alkanes of at least 4 members (excludes halogenated alkanes) is 1. The molecule has 0 saturated heterocycles. The van der Waals surface area contributed by atoms with Crippen LogP contribution in [0.4, 0.5) is 0 Å². The van der Waals surface area contributed by atoms with Gasteiger partial charge in [0.05, 0.1) is 18.8 Å². The van der Waals surface area contributed by atoms with Crippen molar-refractivity contribution < 1.29 is 9.47 Å². The van der Waals surface area contributed by atoms with E-state index in [-0.39, 0.29) is 0 Å². The molecule has 1 N–H and O–H groups in total. The van der Waals surface area contributed by atoms with Crippen molar-refractivity contribution in [2.75, 3.05) is 26.8 Å². The maximum atomic E-state index is 5.85. The molecule has 0 amide bonds. The van der Waals surface area contributed by atoms with Crippen molar-refractivity contribution >= 4 is 0 Å². The van der Waals surface area contributed by atoms with Crippen LogP contribution in [0.15, 0.2) is 0 Å². The smallest absolute Gasteiger partial charge is 0.0600 e. The van der Waals surface area contributed by atoms with E-state index in [1.165, 1.54) is 32.1 Å². The highest BCUT2D eigenvalue weighted by molar-refractivity contribution is 4.73. The van der Waals surface area contributed by atoms with Crippen LogP contribution >= 0.6 is 0 Å². The second-order valence-corrected chi connectivity index (χ2v) is 4.62. The number of hydrogen-bond donors (Lipinski definition) is 1. The molecule has 0 aromatic carbocycles. The lowest BCUT2D eigenvalue weighted by atomic mass is 9.95. The number of hydrogen-bond acceptors (Lipinski definition) is 3. The first kappa shape index (κ1) is 13.9. The third-order valence-corrected chi connectivity index (χ3v) is 3.25. The van der Waals surface area contributed by atoms with E-state index in [1.54, 1.807) is 7.11 Å². The Balaban J connectivity index is 1.95. The highest BCUT2D eigenvalue weighted by Gasteiger charge is 2.21. The topological polar surface area (TPSA) is 30.5 Å². The van der Waals surface area contributed by atoms with Gasteiger partial charge >= 0.3 is 0 Å². The average Bonchev–Trinajstić information content (AvgIpc) is 2.34. The molecule has 2 atom stereocenters. The van der Waals surface area contributed by atoms with E-state index in [1.807, 2.05) is 0 Å². The fraction of sp³-hybridized carbons (Fsp3) is 1.00. The van der Waals surface area contributed by atoms with Gasteiger partial charge in [-0.3, -0.25) is 0 Å². The molecule has 0 bridgehead atoms. The molecular weight excluding hydrogens is 202 g/mol. The Kier molecular flexibility index (Phi) is 7.81. The molecule has 0 aliphatic heterocycles. The molecule has 0 heterocycles. The Bertz CT molecular complexity index is 164. The highest BCUT2D eigenvalue weighted by atomic mass is 16.5. The minimum absolute atomic E-state index is 0.423. The van der Waals surface area contributed by atoms with Crippen molar-refractivity contribution in [3.63, 3.8) is 0 Å². The maximum Gasteiger partial charge on any atom is 0.0600 e. The molecule has 1 aliphatic carbocycles. The summed E-state index contributed by atoms with van der Waals surface area (Å²) < 4.78 is 11.2. The number of ether oxygens (including phenoxy) is 2. The predicted octanol–water partition coefficient (Wildman–Crippen LogP) is 2.35. The van der Waals surface area contributed by atoms with E-state index in [0.717, 1.165) is 26.1 Å². The third kappa shape index (κ3) is 5.83. The normalized spacial score (nSPS) is 25.9. The van der Waals surface area contributed by atoms with E-state index < -0.39 is 0 Å². The van der Waals surface area contributed by atoms with E-state index >= 15 is 0 Å². The first-order valence-electron chi connectivity index (χ1n) is 6.72. The average molecular weight is 229 g/mol. The number of rotatable bonds is 8. The molecule has 0 aromatic rings. The van der Waals surface area contributed by atoms with Gasteiger partial charge in [0.15, 0.2) is 0 Å². The summed E-state index contributed by atoms with van der Waals surface area (Å²) in [5.74, 6) is 0. The van der Waals surface area contributed by atoms with E-state index in [4.69, 9.17) is 9.47 Å². The summed E-state index contributed by atoms with van der Waals surface area (Å²) in [6.07, 6.45) is 8.08. The fourth-order valence-corrected chi connectivity index (χ4v) is 2.19. The summed E-state index contributed by atoms with van der Waals surface area (Å²) in [5.41, 5.74) is 0. The summed E-state index contributed by atoms with van der Waals surface area (Å²) in [7, 11) is 1.80. The van der Waals surface area contributed by atoms with Crippen LogP contribution in [0.2, 0.25) is 0 Å². The van der Waals surface area contributed by atoms with Crippen molar-refractivity contribution in [1.29, 1.82) is 0 Å². The van der Waals surface area contributed by atoms with Crippen molar-refractivity contribution in [2.24, 2.45) is 0 Å². The largest absolute Gasteiger partial charge is 0.381 e. The Hall–Kier alpha value is -0.120. The molecule has 0 radical (unpaired) electrons. The molecule has 3 nitrogen and oxygen atoms in total. The van der Waals surface area contributed by atoms with Gasteiger partial charge in [-0.25, -0.2) is 0 Å². The Morgan fingerprint density at radius 2 is 2.00 bits per heavy atom. The molecule has 16 heavy (non-hydrogen) atoms. The van der Waals surface area contributed by atoms with Gasteiger partial charge in [-0.2, -0.15) is 0 Å². The van der Waals surface area contributed by atoms with Crippen LogP contribution < -0.4 is 5.32 Å². The molecule has 0 spiro atoms. The van der Waals surface area contributed by atoms with Crippen molar-refractivity contribution in [2.45, 2.75) is 57.7 Å². The predicted molar refractivity (Wildman–Crippen MR) is 66.8 cm³/mol. The summed E-state index contributed by atoms with van der Waals surface area (Å²) >= 11 is 0. The van der Waals surface area contributed by atoms with E-state index in [9.17, 15) is 0 Å². The molecule has 1 fully saturated rings. The highest BCUT2D eigenvalue weighted by Crippen LogP contribution is 2.22. The molecular formula is C13H27NO2.